The molecule has 0 aliphatic rings. The van der Waals surface area contributed by atoms with Gasteiger partial charge in [0.15, 0.2) is 10.8 Å². The van der Waals surface area contributed by atoms with Crippen molar-refractivity contribution in [3.63, 3.8) is 0 Å². The van der Waals surface area contributed by atoms with Gasteiger partial charge in [-0.2, -0.15) is 41.5 Å². The first-order valence-electron chi connectivity index (χ1n) is 10.4. The number of hydrogen-bond donors (Lipinski definition) is 1. The third-order valence-corrected chi connectivity index (χ3v) is 5.77. The predicted octanol–water partition coefficient (Wildman–Crippen LogP) is 5.92. The van der Waals surface area contributed by atoms with Crippen molar-refractivity contribution < 1.29 is 41.0 Å². The minimum absolute atomic E-state index is 0.0168. The van der Waals surface area contributed by atoms with Gasteiger partial charge in [0, 0.05) is 0 Å². The maximum atomic E-state index is 13.2. The molecule has 0 fully saturated rings. The van der Waals surface area contributed by atoms with Crippen LogP contribution in [0.3, 0.4) is 0 Å². The van der Waals surface area contributed by atoms with Gasteiger partial charge in [-0.3, -0.25) is 4.79 Å². The van der Waals surface area contributed by atoms with E-state index >= 15 is 0 Å². The van der Waals surface area contributed by atoms with Crippen molar-refractivity contribution in [1.29, 1.82) is 0 Å². The first kappa shape index (κ1) is 26.7. The van der Waals surface area contributed by atoms with Crippen LogP contribution in [0.4, 0.5) is 32.0 Å². The van der Waals surface area contributed by atoms with Crippen molar-refractivity contribution in [2.75, 3.05) is 6.61 Å². The monoisotopic (exact) mass is 557 g/mol. The number of nitrogens with zero attached hydrogens (tertiary/aromatic N) is 5. The molecule has 0 aliphatic carbocycles. The topological polar surface area (TPSA) is 119 Å². The molecule has 0 spiro atoms. The van der Waals surface area contributed by atoms with Crippen LogP contribution in [0.1, 0.15) is 23.1 Å². The van der Waals surface area contributed by atoms with E-state index in [4.69, 9.17) is 4.74 Å². The summed E-state index contributed by atoms with van der Waals surface area (Å²) < 4.78 is 84.9. The molecule has 0 unspecified atom stereocenters. The van der Waals surface area contributed by atoms with Crippen LogP contribution < -0.4 is 5.56 Å². The highest BCUT2D eigenvalue weighted by Crippen LogP contribution is 2.38. The van der Waals surface area contributed by atoms with Crippen LogP contribution in [0, 0.1) is 0 Å². The number of benzene rings is 2. The Morgan fingerprint density at radius 3 is 2.32 bits per heavy atom. The second-order valence-electron chi connectivity index (χ2n) is 7.42. The van der Waals surface area contributed by atoms with Gasteiger partial charge in [-0.05, 0) is 37.3 Å². The Morgan fingerprint density at radius 2 is 1.71 bits per heavy atom. The van der Waals surface area contributed by atoms with Crippen LogP contribution in [0.5, 0.6) is 0 Å². The van der Waals surface area contributed by atoms with Gasteiger partial charge in [-0.15, -0.1) is 5.11 Å². The van der Waals surface area contributed by atoms with Gasteiger partial charge in [0.25, 0.3) is 5.56 Å². The molecule has 198 valence electrons. The molecule has 0 saturated carbocycles. The van der Waals surface area contributed by atoms with Crippen LogP contribution in [0.25, 0.3) is 21.6 Å². The highest BCUT2D eigenvalue weighted by Gasteiger charge is 2.37. The molecule has 0 aliphatic heterocycles. The molecular formula is C22H13F6N5O4S. The Balaban J connectivity index is 1.86. The average Bonchev–Trinajstić information content (AvgIpc) is 3.27. The predicted molar refractivity (Wildman–Crippen MR) is 122 cm³/mol. The largest absolute Gasteiger partial charge is 0.503 e. The van der Waals surface area contributed by atoms with Crippen LogP contribution in [0.15, 0.2) is 63.2 Å². The van der Waals surface area contributed by atoms with Gasteiger partial charge in [0.05, 0.1) is 34.3 Å². The maximum Gasteiger partial charge on any atom is 0.416 e. The fourth-order valence-electron chi connectivity index (χ4n) is 3.18. The van der Waals surface area contributed by atoms with E-state index < -0.39 is 52.2 Å². The number of hydrogen-bond acceptors (Lipinski definition) is 9. The van der Waals surface area contributed by atoms with Gasteiger partial charge in [0.2, 0.25) is 10.7 Å². The van der Waals surface area contributed by atoms with Gasteiger partial charge in [0.1, 0.15) is 0 Å². The summed E-state index contributed by atoms with van der Waals surface area (Å²) in [5, 5.41) is 21.5. The average molecular weight is 557 g/mol. The number of rotatable bonds is 5. The molecule has 16 heteroatoms. The van der Waals surface area contributed by atoms with E-state index in [-0.39, 0.29) is 40.2 Å². The van der Waals surface area contributed by atoms with Crippen molar-refractivity contribution >= 4 is 44.6 Å². The van der Waals surface area contributed by atoms with Gasteiger partial charge >= 0.3 is 18.3 Å². The normalized spacial score (nSPS) is 13.3. The van der Waals surface area contributed by atoms with Crippen molar-refractivity contribution in [3.05, 3.63) is 74.6 Å². The third-order valence-electron chi connectivity index (χ3n) is 4.85. The van der Waals surface area contributed by atoms with E-state index in [1.54, 1.807) is 18.2 Å². The number of alkyl halides is 6. The number of esters is 1. The number of fused-ring (bicyclic) bond motifs is 3. The molecule has 0 radical (unpaired) electrons. The lowest BCUT2D eigenvalue weighted by Crippen LogP contribution is -2.10. The second-order valence-corrected chi connectivity index (χ2v) is 8.37. The summed E-state index contributed by atoms with van der Waals surface area (Å²) in [7, 11) is 0. The summed E-state index contributed by atoms with van der Waals surface area (Å²) in [6.07, 6.45) is -10.3. The van der Waals surface area contributed by atoms with Gasteiger partial charge in [-0.1, -0.05) is 23.5 Å². The fourth-order valence-corrected chi connectivity index (χ4v) is 4.03. The lowest BCUT2D eigenvalue weighted by Gasteiger charge is -2.12. The minimum atomic E-state index is -5.14. The lowest BCUT2D eigenvalue weighted by molar-refractivity contribution is -0.143. The molecule has 2 aromatic heterocycles. The molecular weight excluding hydrogens is 544 g/mol. The molecule has 38 heavy (non-hydrogen) atoms. The Hall–Kier alpha value is -4.34. The zero-order valence-electron chi connectivity index (χ0n) is 18.8. The SMILES string of the molecule is CCOC(=O)/C(N=Nc1cc(C(F)(F)F)cc(C(F)(F)F)c1)=C(\O)c1nn2c(nc(=O)c3ccccc32)s1. The lowest BCUT2D eigenvalue weighted by atomic mass is 10.1. The molecule has 4 aromatic rings. The number of ether oxygens (including phenoxy) is 1. The zero-order valence-corrected chi connectivity index (χ0v) is 19.6. The molecule has 2 aromatic carbocycles. The summed E-state index contributed by atoms with van der Waals surface area (Å²) in [6.45, 7) is 1.19. The summed E-state index contributed by atoms with van der Waals surface area (Å²) in [5.74, 6) is -2.24. The number of aliphatic hydroxyl groups is 1. The Morgan fingerprint density at radius 1 is 1.08 bits per heavy atom. The van der Waals surface area contributed by atoms with E-state index in [0.717, 1.165) is 0 Å². The van der Waals surface area contributed by atoms with E-state index in [2.05, 4.69) is 20.3 Å². The van der Waals surface area contributed by atoms with Gasteiger partial charge in [-0.25, -0.2) is 9.31 Å². The summed E-state index contributed by atoms with van der Waals surface area (Å²) in [6, 6.07) is 6.74. The fraction of sp³-hybridized carbons (Fsp3) is 0.182. The molecule has 9 nitrogen and oxygen atoms in total. The van der Waals surface area contributed by atoms with Crippen molar-refractivity contribution in [3.8, 4) is 0 Å². The smallest absolute Gasteiger partial charge is 0.416 e. The van der Waals surface area contributed by atoms with Crippen molar-refractivity contribution in [1.82, 2.24) is 14.6 Å². The number of aliphatic hydroxyl groups excluding tert-OH is 1. The van der Waals surface area contributed by atoms with Crippen molar-refractivity contribution in [2.24, 2.45) is 10.2 Å². The standard InChI is InChI=1S/C22H13F6N5O4S/c1-2-37-19(36)15(31-30-12-8-10(21(23,24)25)7-11(9-12)22(26,27)28)16(34)18-32-33-14-6-4-3-5-13(14)17(35)29-20(33)38-18/h3-9,34H,2H2,1H3/b16-15+,31-30?. The Kier molecular flexibility index (Phi) is 6.92. The number of carbonyl (C=O) groups excluding carboxylic acids is 1. The third kappa shape index (κ3) is 5.34. The van der Waals surface area contributed by atoms with E-state index in [1.807, 2.05) is 0 Å². The number of aromatic nitrogens is 3. The van der Waals surface area contributed by atoms with E-state index in [0.29, 0.717) is 16.9 Å². The van der Waals surface area contributed by atoms with Crippen LogP contribution in [0.2, 0.25) is 0 Å². The number of carbonyl (C=O) groups is 1. The van der Waals surface area contributed by atoms with Crippen LogP contribution in [-0.2, 0) is 21.9 Å². The maximum absolute atomic E-state index is 13.2. The first-order valence-corrected chi connectivity index (χ1v) is 11.2. The molecule has 0 amide bonds. The Bertz CT molecular complexity index is 1640. The molecule has 0 atom stereocenters. The van der Waals surface area contributed by atoms with Crippen molar-refractivity contribution in [2.45, 2.75) is 19.3 Å². The van der Waals surface area contributed by atoms with Crippen LogP contribution >= 0.6 is 11.3 Å². The quantitative estimate of drug-likeness (QED) is 0.107. The molecule has 2 heterocycles. The molecule has 4 rings (SSSR count). The molecule has 0 saturated heterocycles. The first-order chi connectivity index (χ1) is 17.8. The minimum Gasteiger partial charge on any atom is -0.503 e. The second kappa shape index (κ2) is 9.85. The highest BCUT2D eigenvalue weighted by molar-refractivity contribution is 7.17. The summed E-state index contributed by atoms with van der Waals surface area (Å²) in [5.41, 5.74) is -5.43. The summed E-state index contributed by atoms with van der Waals surface area (Å²) >= 11 is 0.657. The zero-order chi connectivity index (χ0) is 27.8. The highest BCUT2D eigenvalue weighted by atomic mass is 32.1. The van der Waals surface area contributed by atoms with E-state index in [1.165, 1.54) is 17.5 Å². The summed E-state index contributed by atoms with van der Waals surface area (Å²) in [4.78, 5) is 28.6. The number of azo groups is 1. The molecule has 1 N–H and O–H groups in total. The van der Waals surface area contributed by atoms with Gasteiger partial charge < -0.3 is 9.84 Å². The number of halogens is 6. The van der Waals surface area contributed by atoms with Crippen LogP contribution in [-0.4, -0.2) is 32.3 Å². The Labute approximate surface area is 211 Å². The van der Waals surface area contributed by atoms with E-state index in [9.17, 15) is 41.0 Å². The number of para-hydroxylation sites is 1. The molecule has 0 bridgehead atoms.